The van der Waals surface area contributed by atoms with Gasteiger partial charge in [-0.05, 0) is 121 Å². The predicted octanol–water partition coefficient (Wildman–Crippen LogP) is 7.95. The first-order valence-corrected chi connectivity index (χ1v) is 39.1. The fourth-order valence-electron chi connectivity index (χ4n) is 12.7. The Kier molecular flexibility index (Phi) is 24.0. The number of carbonyl (C=O) groups excluding carboxylic acids is 4. The number of ether oxygens (including phenoxy) is 1. The van der Waals surface area contributed by atoms with Crippen LogP contribution >= 0.6 is 23.5 Å². The molecule has 113 heavy (non-hydrogen) atoms. The van der Waals surface area contributed by atoms with Gasteiger partial charge in [-0.25, -0.2) is 42.8 Å². The standard InChI is InChI=1S/C76H70N11O23P3/c1-85(2)46-19-25-52-59(37-46)105-60-38-47(86(3)4)20-26-53(60)67(52)51-24-18-45(36-57(51)76(96)97)73(92)83-58(34-43-15-13-42(14-16-43)10-8-33-79-72(91)44-17-23-50(56(35-44)75(94)95)68-54-27-21-48(88)39-61(54)106-62-40-49(89)22-28-55(62)68)74(93)80-31-7-5-6-12-64(90)78-32-9-11-63-84-69-70(77)81-41-82-71(69)87(63)65-29-30-66(107-65)108-112(101,102)110-113(103,104)109-111(98,99)100/h13-28,35-41,58,65-66H,5-7,12,29-34H2,1-4H3,(H12-,77,78,79,80,81,82,83,88,89,90,91,92,93,94,95,96,97,98,99,100,101,102,103,104)/p+1/t58?,65-,66-/m1/s1. The summed E-state index contributed by atoms with van der Waals surface area (Å²) < 4.78 is 69.4. The molecule has 3 unspecified atom stereocenters. The number of carbonyl (C=O) groups is 6. The lowest BCUT2D eigenvalue weighted by atomic mass is 9.89. The van der Waals surface area contributed by atoms with Crippen molar-refractivity contribution in [3.8, 4) is 74.3 Å². The van der Waals surface area contributed by atoms with Gasteiger partial charge in [0.25, 0.3) is 11.8 Å². The molecule has 5 aromatic carbocycles. The zero-order valence-corrected chi connectivity index (χ0v) is 63.0. The van der Waals surface area contributed by atoms with Gasteiger partial charge in [0.1, 0.15) is 61.1 Å². The number of aromatic hydroxyl groups is 1. The maximum atomic E-state index is 14.5. The highest BCUT2D eigenvalue weighted by atomic mass is 31.3. The quantitative estimate of drug-likeness (QED) is 0.00804. The number of imidazole rings is 1. The number of aromatic carboxylic acids is 2. The smallest absolute Gasteiger partial charge is 0.490 e. The molecule has 0 radical (unpaired) electrons. The average Bonchev–Trinajstić information content (AvgIpc) is 1.49. The van der Waals surface area contributed by atoms with Crippen molar-refractivity contribution < 1.29 is 104 Å². The van der Waals surface area contributed by atoms with E-state index >= 15 is 0 Å². The molecule has 1 saturated heterocycles. The molecule has 7 aromatic rings. The van der Waals surface area contributed by atoms with Crippen molar-refractivity contribution in [3.05, 3.63) is 195 Å². The first-order chi connectivity index (χ1) is 53.7. The number of phosphoric acid groups is 3. The van der Waals surface area contributed by atoms with E-state index in [9.17, 15) is 72.4 Å². The topological polar surface area (TPSA) is 500 Å². The summed E-state index contributed by atoms with van der Waals surface area (Å²) >= 11 is 0. The number of rotatable bonds is 26. The second kappa shape index (κ2) is 33.8. The lowest BCUT2D eigenvalue weighted by molar-refractivity contribution is -0.123. The van der Waals surface area contributed by atoms with Crippen LogP contribution in [-0.4, -0.2) is 150 Å². The fourth-order valence-corrected chi connectivity index (χ4v) is 15.8. The first-order valence-electron chi connectivity index (χ1n) is 34.6. The van der Waals surface area contributed by atoms with Crippen molar-refractivity contribution in [2.24, 2.45) is 0 Å². The lowest BCUT2D eigenvalue weighted by Crippen LogP contribution is -2.48. The van der Waals surface area contributed by atoms with Crippen molar-refractivity contribution in [1.82, 2.24) is 45.4 Å². The highest BCUT2D eigenvalue weighted by Crippen LogP contribution is 2.67. The Labute approximate surface area is 641 Å². The number of hydrogen-bond donors (Lipinski definition) is 12. The number of amides is 4. The Balaban J connectivity index is 0.707. The van der Waals surface area contributed by atoms with E-state index in [1.54, 1.807) is 36.4 Å². The van der Waals surface area contributed by atoms with Crippen LogP contribution in [0, 0.1) is 23.7 Å². The number of nitrogens with two attached hydrogens (primary N) is 1. The second-order valence-corrected chi connectivity index (χ2v) is 30.6. The van der Waals surface area contributed by atoms with Crippen molar-refractivity contribution >= 4 is 104 Å². The van der Waals surface area contributed by atoms with E-state index in [0.717, 1.165) is 17.4 Å². The van der Waals surface area contributed by atoms with Crippen LogP contribution in [0.5, 0.6) is 5.75 Å². The van der Waals surface area contributed by atoms with Crippen LogP contribution in [0.25, 0.3) is 78.0 Å². The molecule has 0 saturated carbocycles. The van der Waals surface area contributed by atoms with Crippen molar-refractivity contribution in [2.75, 3.05) is 58.5 Å². The molecule has 3 aliphatic heterocycles. The summed E-state index contributed by atoms with van der Waals surface area (Å²) in [5.74, 6) is 6.91. The second-order valence-electron chi connectivity index (χ2n) is 26.2. The third-order valence-corrected chi connectivity index (χ3v) is 21.7. The Morgan fingerprint density at radius 3 is 1.97 bits per heavy atom. The van der Waals surface area contributed by atoms with Crippen LogP contribution in [0.15, 0.2) is 153 Å². The van der Waals surface area contributed by atoms with Gasteiger partial charge in [0.05, 0.1) is 30.3 Å². The van der Waals surface area contributed by atoms with Crippen molar-refractivity contribution in [3.63, 3.8) is 0 Å². The molecule has 13 N–H and O–H groups in total. The van der Waals surface area contributed by atoms with Crippen LogP contribution in [0.3, 0.4) is 0 Å². The number of hydrogen-bond acceptors (Lipinski definition) is 22. The number of nitrogens with one attached hydrogen (secondary N) is 4. The monoisotopic (exact) mass is 1600 g/mol. The number of carboxylic acids is 2. The number of benzene rings is 7. The fraction of sp³-hybridized carbons (Fsp3) is 0.224. The summed E-state index contributed by atoms with van der Waals surface area (Å²) in [6.45, 7) is -0.227. The zero-order chi connectivity index (χ0) is 80.8. The number of aromatic nitrogens is 4. The summed E-state index contributed by atoms with van der Waals surface area (Å²) in [7, 11) is -9.50. The molecule has 0 spiro atoms. The number of carboxylic acid groups (broad SMARTS) is 2. The van der Waals surface area contributed by atoms with Crippen LogP contribution < -0.4 is 47.3 Å². The van der Waals surface area contributed by atoms with Crippen LogP contribution in [0.4, 0.5) is 11.5 Å². The molecule has 37 heteroatoms. The van der Waals surface area contributed by atoms with Gasteiger partial charge >= 0.3 is 35.4 Å². The van der Waals surface area contributed by atoms with Gasteiger partial charge in [0.2, 0.25) is 17.2 Å². The summed E-state index contributed by atoms with van der Waals surface area (Å²) in [5.41, 5.74) is 10.6. The molecule has 4 amide bonds. The van der Waals surface area contributed by atoms with Crippen LogP contribution in [-0.2, 0) is 47.6 Å². The molecule has 12 rings (SSSR count). The number of phenolic OH excluding ortho intramolecular Hbond substituents is 1. The van der Waals surface area contributed by atoms with Gasteiger partial charge in [-0.1, -0.05) is 48.4 Å². The number of fused-ring (bicyclic) bond motifs is 5. The van der Waals surface area contributed by atoms with Gasteiger partial charge in [0.15, 0.2) is 34.5 Å². The van der Waals surface area contributed by atoms with E-state index in [-0.39, 0.29) is 124 Å². The maximum Gasteiger partial charge on any atom is 0.490 e. The van der Waals surface area contributed by atoms with E-state index in [1.165, 1.54) is 65.2 Å². The molecular formula is C76H71N11O23P3+. The molecule has 582 valence electrons. The van der Waals surface area contributed by atoms with Crippen molar-refractivity contribution in [1.29, 1.82) is 0 Å². The number of unbranched alkanes of at least 4 members (excludes halogenated alkanes) is 2. The predicted molar refractivity (Wildman–Crippen MR) is 410 cm³/mol. The molecule has 2 aliphatic carbocycles. The summed E-state index contributed by atoms with van der Waals surface area (Å²) in [5, 5.41) is 44.6. The molecular weight excluding hydrogens is 1530 g/mol. The molecule has 5 aliphatic rings. The molecule has 34 nitrogen and oxygen atoms in total. The molecule has 5 atom stereocenters. The van der Waals surface area contributed by atoms with E-state index in [4.69, 9.17) is 33.6 Å². The maximum absolute atomic E-state index is 14.5. The van der Waals surface area contributed by atoms with Crippen LogP contribution in [0.1, 0.15) is 103 Å². The minimum Gasteiger partial charge on any atom is -0.508 e. The van der Waals surface area contributed by atoms with Gasteiger partial charge in [0, 0.05) is 120 Å². The van der Waals surface area contributed by atoms with Gasteiger partial charge in [-0.15, -0.1) is 0 Å². The minimum atomic E-state index is -5.82. The lowest BCUT2D eigenvalue weighted by Gasteiger charge is -2.20. The van der Waals surface area contributed by atoms with E-state index < -0.39 is 71.7 Å². The number of phosphoric ester groups is 1. The summed E-state index contributed by atoms with van der Waals surface area (Å²) in [6, 6.07) is 33.5. The molecule has 5 heterocycles. The third kappa shape index (κ3) is 19.2. The summed E-state index contributed by atoms with van der Waals surface area (Å²) in [4.78, 5) is 146. The SMILES string of the molecule is CN(C)c1ccc2c(-c3ccc(C(=O)NC(Cc4ccc(C#CCNC(=O)c5ccc(-c6c7ccc(=O)cc-7oc7cc(O)ccc67)c(C(=O)O)c5)cc4)C(=O)NCCCCCC(=O)NCC#Cc4nc5c(N)ncnc5n4[C@H]4CC[C@@H](OP(=O)(O)OP(=O)(O)OP(=O)(O)O)O4)cc3C(=O)O)c3ccc(=[N+](C)C)cc-3oc2c1. The first kappa shape index (κ1) is 80.3. The molecule has 2 aromatic heterocycles. The Hall–Kier alpha value is -12.3. The number of nitrogen functional groups attached to an aromatic ring is 1. The highest BCUT2D eigenvalue weighted by Gasteiger charge is 2.44. The third-order valence-electron chi connectivity index (χ3n) is 17.9. The Morgan fingerprint density at radius 1 is 0.681 bits per heavy atom. The Bertz CT molecular complexity index is 6010. The number of anilines is 2. The van der Waals surface area contributed by atoms with Gasteiger partial charge < -0.3 is 80.4 Å². The Morgan fingerprint density at radius 2 is 1.31 bits per heavy atom. The van der Waals surface area contributed by atoms with E-state index in [0.29, 0.717) is 80.3 Å². The van der Waals surface area contributed by atoms with E-state index in [2.05, 4.69) is 68.5 Å². The number of nitrogens with zero attached hydrogens (tertiary/aromatic N) is 6. The van der Waals surface area contributed by atoms with Gasteiger partial charge in [-0.3, -0.25) is 33.1 Å². The largest absolute Gasteiger partial charge is 0.508 e. The van der Waals surface area contributed by atoms with Gasteiger partial charge in [-0.2, -0.15) is 8.62 Å². The number of phenols is 1. The summed E-state index contributed by atoms with van der Waals surface area (Å²) in [6.07, 6.45) is -0.428. The molecule has 1 fully saturated rings. The minimum absolute atomic E-state index is 0.0000675. The van der Waals surface area contributed by atoms with E-state index in [1.807, 2.05) is 74.1 Å². The van der Waals surface area contributed by atoms with Crippen LogP contribution in [0.2, 0.25) is 0 Å². The van der Waals surface area contributed by atoms with Crippen molar-refractivity contribution in [2.45, 2.75) is 63.5 Å². The molecule has 0 bridgehead atoms. The normalized spacial score (nSPS) is 14.8. The highest BCUT2D eigenvalue weighted by molar-refractivity contribution is 7.66. The zero-order valence-electron chi connectivity index (χ0n) is 60.3. The average molecular weight is 1600 g/mol.